The van der Waals surface area contributed by atoms with Crippen LogP contribution in [0.3, 0.4) is 0 Å². The molecule has 7 heteroatoms. The molecule has 48 heavy (non-hydrogen) atoms. The molecule has 0 radical (unpaired) electrons. The molecule has 0 heterocycles. The van der Waals surface area contributed by atoms with Gasteiger partial charge in [0.15, 0.2) is 0 Å². The van der Waals surface area contributed by atoms with E-state index >= 15 is 0 Å². The van der Waals surface area contributed by atoms with Gasteiger partial charge in [-0.1, -0.05) is 188 Å². The number of ether oxygens (including phenoxy) is 2. The zero-order chi connectivity index (χ0) is 35.8. The molecule has 0 amide bonds. The molecule has 0 saturated heterocycles. The van der Waals surface area contributed by atoms with Crippen molar-refractivity contribution < 1.29 is 29.0 Å². The van der Waals surface area contributed by atoms with E-state index in [0.717, 1.165) is 26.1 Å². The number of carbonyl (C=O) groups excluding carboxylic acids is 2. The second-order valence-electron chi connectivity index (χ2n) is 13.9. The van der Waals surface area contributed by atoms with Crippen LogP contribution in [-0.2, 0) is 23.9 Å². The number of unbranched alkanes of at least 4 members (excludes halogenated alkanes) is 26. The van der Waals surface area contributed by atoms with Crippen LogP contribution in [-0.4, -0.2) is 42.3 Å². The van der Waals surface area contributed by atoms with Gasteiger partial charge in [0.2, 0.25) is 0 Å². The third kappa shape index (κ3) is 42.6. The molecule has 7 nitrogen and oxygen atoms in total. The van der Waals surface area contributed by atoms with Gasteiger partial charge in [-0.2, -0.15) is 0 Å². The lowest BCUT2D eigenvalue weighted by Crippen LogP contribution is -2.34. The number of rotatable bonds is 36. The van der Waals surface area contributed by atoms with Crippen molar-refractivity contribution in [2.75, 3.05) is 13.2 Å². The first-order chi connectivity index (χ1) is 23.4. The molecule has 3 N–H and O–H groups in total. The summed E-state index contributed by atoms with van der Waals surface area (Å²) in [6.07, 6.45) is 38.4. The van der Waals surface area contributed by atoms with E-state index in [0.29, 0.717) is 6.42 Å². The summed E-state index contributed by atoms with van der Waals surface area (Å²) in [6.45, 7) is 8.77. The first-order valence-corrected chi connectivity index (χ1v) is 20.7. The lowest BCUT2D eigenvalue weighted by molar-refractivity contribution is -0.160. The zero-order valence-corrected chi connectivity index (χ0v) is 32.2. The van der Waals surface area contributed by atoms with E-state index in [2.05, 4.69) is 25.5 Å². The van der Waals surface area contributed by atoms with Crippen molar-refractivity contribution in [3.8, 4) is 0 Å². The number of carboxylic acids is 1. The second kappa shape index (κ2) is 41.7. The van der Waals surface area contributed by atoms with E-state index in [1.165, 1.54) is 167 Å². The summed E-state index contributed by atoms with van der Waals surface area (Å²) >= 11 is 0. The Morgan fingerprint density at radius 3 is 1.12 bits per heavy atom. The maximum atomic E-state index is 11.5. The largest absolute Gasteiger partial charge is 0.481 e. The molecule has 0 aromatic carbocycles. The fourth-order valence-electron chi connectivity index (χ4n) is 5.70. The fraction of sp³-hybridized carbons (Fsp3) is 0.927. The summed E-state index contributed by atoms with van der Waals surface area (Å²) in [5.41, 5.74) is 5.47. The first-order valence-electron chi connectivity index (χ1n) is 20.7. The predicted octanol–water partition coefficient (Wildman–Crippen LogP) is 12.0. The SMILES string of the molecule is CCCCCCCCCCCC(=O)OC(=O)C(N)CCC(=O)O.CCCCCCCCCCCCOCCCCCCCCCCCC. The highest BCUT2D eigenvalue weighted by Gasteiger charge is 2.19. The average Bonchev–Trinajstić information content (AvgIpc) is 3.07. The summed E-state index contributed by atoms with van der Waals surface area (Å²) < 4.78 is 10.4. The molecule has 0 saturated carbocycles. The molecule has 0 aliphatic carbocycles. The Hall–Kier alpha value is -1.47. The van der Waals surface area contributed by atoms with Crippen LogP contribution in [0.5, 0.6) is 0 Å². The third-order valence-corrected chi connectivity index (χ3v) is 8.96. The Morgan fingerprint density at radius 2 is 0.792 bits per heavy atom. The van der Waals surface area contributed by atoms with Gasteiger partial charge in [-0.05, 0) is 25.7 Å². The summed E-state index contributed by atoms with van der Waals surface area (Å²) in [5, 5.41) is 8.50. The number of carboxylic acid groups (broad SMARTS) is 1. The van der Waals surface area contributed by atoms with E-state index in [9.17, 15) is 14.4 Å². The smallest absolute Gasteiger partial charge is 0.330 e. The lowest BCUT2D eigenvalue weighted by atomic mass is 10.1. The van der Waals surface area contributed by atoms with Gasteiger partial charge in [0.1, 0.15) is 6.04 Å². The molecule has 0 aliphatic heterocycles. The maximum absolute atomic E-state index is 11.5. The van der Waals surface area contributed by atoms with Gasteiger partial charge < -0.3 is 20.3 Å². The Bertz CT molecular complexity index is 664. The van der Waals surface area contributed by atoms with Crippen LogP contribution >= 0.6 is 0 Å². The number of aliphatic carboxylic acids is 1. The highest BCUT2D eigenvalue weighted by Crippen LogP contribution is 2.13. The van der Waals surface area contributed by atoms with Crippen LogP contribution in [0.4, 0.5) is 0 Å². The minimum atomic E-state index is -1.06. The van der Waals surface area contributed by atoms with Gasteiger partial charge in [-0.15, -0.1) is 0 Å². The van der Waals surface area contributed by atoms with Crippen LogP contribution in [0.2, 0.25) is 0 Å². The molecular formula is C41H81NO6. The standard InChI is InChI=1S/C24H50O.C17H31NO5/c1-3-5-7-9-11-13-15-17-19-21-23-25-24-22-20-18-16-14-12-10-8-6-4-2;1-2-3-4-5-6-7-8-9-10-11-16(21)23-17(22)14(18)12-13-15(19)20/h3-24H2,1-2H3;14H,2-13,18H2,1H3,(H,19,20). The van der Waals surface area contributed by atoms with Gasteiger partial charge in [-0.3, -0.25) is 9.59 Å². The molecule has 0 bridgehead atoms. The molecule has 1 atom stereocenters. The minimum Gasteiger partial charge on any atom is -0.481 e. The minimum absolute atomic E-state index is 0.0283. The van der Waals surface area contributed by atoms with E-state index in [4.69, 9.17) is 15.6 Å². The topological polar surface area (TPSA) is 116 Å². The number of esters is 2. The van der Waals surface area contributed by atoms with Crippen LogP contribution in [0.15, 0.2) is 0 Å². The van der Waals surface area contributed by atoms with Crippen molar-refractivity contribution in [2.45, 2.75) is 232 Å². The van der Waals surface area contributed by atoms with Crippen LogP contribution in [0, 0.1) is 0 Å². The van der Waals surface area contributed by atoms with Crippen LogP contribution in [0.1, 0.15) is 226 Å². The highest BCUT2D eigenvalue weighted by molar-refractivity contribution is 5.88. The fourth-order valence-corrected chi connectivity index (χ4v) is 5.70. The second-order valence-corrected chi connectivity index (χ2v) is 13.9. The van der Waals surface area contributed by atoms with Gasteiger partial charge in [0, 0.05) is 26.1 Å². The molecule has 0 rings (SSSR count). The van der Waals surface area contributed by atoms with Crippen molar-refractivity contribution in [1.82, 2.24) is 0 Å². The molecule has 1 unspecified atom stereocenters. The van der Waals surface area contributed by atoms with Crippen molar-refractivity contribution in [2.24, 2.45) is 5.73 Å². The van der Waals surface area contributed by atoms with E-state index in [1.54, 1.807) is 0 Å². The molecule has 0 aromatic heterocycles. The monoisotopic (exact) mass is 684 g/mol. The van der Waals surface area contributed by atoms with Crippen molar-refractivity contribution in [3.63, 3.8) is 0 Å². The van der Waals surface area contributed by atoms with E-state index in [-0.39, 0.29) is 19.3 Å². The van der Waals surface area contributed by atoms with E-state index in [1.807, 2.05) is 0 Å². The van der Waals surface area contributed by atoms with E-state index < -0.39 is 23.9 Å². The maximum Gasteiger partial charge on any atom is 0.330 e. The number of nitrogens with two attached hydrogens (primary N) is 1. The normalized spacial score (nSPS) is 11.6. The lowest BCUT2D eigenvalue weighted by Gasteiger charge is -2.09. The quantitative estimate of drug-likeness (QED) is 0.0383. The van der Waals surface area contributed by atoms with Gasteiger partial charge in [0.05, 0.1) is 0 Å². The molecule has 286 valence electrons. The molecule has 0 aliphatic rings. The summed E-state index contributed by atoms with van der Waals surface area (Å²) in [4.78, 5) is 33.3. The van der Waals surface area contributed by atoms with Crippen LogP contribution in [0.25, 0.3) is 0 Å². The van der Waals surface area contributed by atoms with Gasteiger partial charge in [0.25, 0.3) is 0 Å². The third-order valence-electron chi connectivity index (χ3n) is 8.96. The van der Waals surface area contributed by atoms with Crippen LogP contribution < -0.4 is 5.73 Å². The predicted molar refractivity (Wildman–Crippen MR) is 202 cm³/mol. The zero-order valence-electron chi connectivity index (χ0n) is 32.2. The Labute approximate surface area is 297 Å². The summed E-state index contributed by atoms with van der Waals surface area (Å²) in [7, 11) is 0. The Morgan fingerprint density at radius 1 is 0.479 bits per heavy atom. The summed E-state index contributed by atoms with van der Waals surface area (Å²) in [6, 6.07) is -1.06. The van der Waals surface area contributed by atoms with Crippen molar-refractivity contribution in [3.05, 3.63) is 0 Å². The number of carbonyl (C=O) groups is 3. The molecular weight excluding hydrogens is 602 g/mol. The van der Waals surface area contributed by atoms with Gasteiger partial charge >= 0.3 is 17.9 Å². The average molecular weight is 684 g/mol. The Kier molecular flexibility index (Phi) is 42.3. The molecule has 0 spiro atoms. The van der Waals surface area contributed by atoms with Gasteiger partial charge in [-0.25, -0.2) is 4.79 Å². The molecule has 0 fully saturated rings. The highest BCUT2D eigenvalue weighted by atomic mass is 16.6. The first kappa shape index (κ1) is 48.6. The van der Waals surface area contributed by atoms with Crippen molar-refractivity contribution >= 4 is 17.9 Å². The number of hydrogen-bond donors (Lipinski definition) is 2. The van der Waals surface area contributed by atoms with Crippen molar-refractivity contribution in [1.29, 1.82) is 0 Å². The molecule has 0 aromatic rings. The number of hydrogen-bond acceptors (Lipinski definition) is 6. The Balaban J connectivity index is 0. The summed E-state index contributed by atoms with van der Waals surface area (Å²) in [5.74, 6) is -2.45.